The van der Waals surface area contributed by atoms with Crippen molar-refractivity contribution in [1.29, 1.82) is 0 Å². The van der Waals surface area contributed by atoms with Crippen molar-refractivity contribution >= 4 is 29.9 Å². The van der Waals surface area contributed by atoms with Gasteiger partial charge in [-0.25, -0.2) is 0 Å². The molecule has 0 aliphatic rings. The quantitative estimate of drug-likeness (QED) is 0.396. The zero-order chi connectivity index (χ0) is 16.5. The van der Waals surface area contributed by atoms with Crippen LogP contribution in [0.1, 0.15) is 30.5 Å². The van der Waals surface area contributed by atoms with Gasteiger partial charge >= 0.3 is 0 Å². The van der Waals surface area contributed by atoms with Crippen LogP contribution in [-0.2, 0) is 6.42 Å². The highest BCUT2D eigenvalue weighted by Crippen LogP contribution is 2.08. The summed E-state index contributed by atoms with van der Waals surface area (Å²) in [6.07, 6.45) is 1.01. The number of guanidine groups is 1. The minimum Gasteiger partial charge on any atom is -0.356 e. The molecule has 0 fully saturated rings. The fourth-order valence-corrected chi connectivity index (χ4v) is 2.37. The van der Waals surface area contributed by atoms with Crippen LogP contribution in [-0.4, -0.2) is 50.6 Å². The van der Waals surface area contributed by atoms with E-state index in [-0.39, 0.29) is 24.0 Å². The van der Waals surface area contributed by atoms with Crippen LogP contribution in [0.15, 0.2) is 23.2 Å². The molecule has 4 nitrogen and oxygen atoms in total. The summed E-state index contributed by atoms with van der Waals surface area (Å²) in [6.45, 7) is 11.5. The number of nitrogens with one attached hydrogen (secondary N) is 2. The molecule has 5 heteroatoms. The Morgan fingerprint density at radius 1 is 1.09 bits per heavy atom. The number of aryl methyl sites for hydroxylation is 2. The number of aliphatic imine (C=N–C) groups is 1. The number of likely N-dealkylation sites (N-methyl/N-ethyl adjacent to an activating group) is 1. The maximum Gasteiger partial charge on any atom is 0.191 e. The topological polar surface area (TPSA) is 39.7 Å². The number of nitrogens with zero attached hydrogens (tertiary/aromatic N) is 2. The third kappa shape index (κ3) is 9.15. The normalized spacial score (nSPS) is 11.6. The molecule has 2 N–H and O–H groups in total. The standard InChI is InChI=1S/C18H32N4.HI/c1-14(2)22(6)10-9-21-18(19-5)20-8-7-17-12-15(3)11-16(4)13-17;/h11-14H,7-10H2,1-6H3,(H2,19,20,21);1H. The first-order chi connectivity index (χ1) is 10.4. The van der Waals surface area contributed by atoms with Gasteiger partial charge in [-0.1, -0.05) is 29.3 Å². The second-order valence-electron chi connectivity index (χ2n) is 6.25. The molecule has 1 aromatic carbocycles. The Morgan fingerprint density at radius 3 is 2.17 bits per heavy atom. The molecule has 0 bridgehead atoms. The van der Waals surface area contributed by atoms with Gasteiger partial charge in [-0.05, 0) is 46.7 Å². The van der Waals surface area contributed by atoms with Crippen LogP contribution >= 0.6 is 24.0 Å². The van der Waals surface area contributed by atoms with E-state index in [2.05, 4.69) is 73.5 Å². The Balaban J connectivity index is 0.00000484. The molecule has 132 valence electrons. The molecule has 0 aromatic heterocycles. The van der Waals surface area contributed by atoms with Gasteiger partial charge in [-0.3, -0.25) is 4.99 Å². The van der Waals surface area contributed by atoms with Gasteiger partial charge in [0.15, 0.2) is 5.96 Å². The number of benzene rings is 1. The molecule has 0 atom stereocenters. The van der Waals surface area contributed by atoms with Crippen LogP contribution in [0.2, 0.25) is 0 Å². The van der Waals surface area contributed by atoms with E-state index < -0.39 is 0 Å². The maximum absolute atomic E-state index is 4.27. The number of halogens is 1. The summed E-state index contributed by atoms with van der Waals surface area (Å²) >= 11 is 0. The van der Waals surface area contributed by atoms with Gasteiger partial charge in [-0.15, -0.1) is 24.0 Å². The number of hydrogen-bond acceptors (Lipinski definition) is 2. The average Bonchev–Trinajstić information content (AvgIpc) is 2.44. The van der Waals surface area contributed by atoms with E-state index in [1.54, 1.807) is 0 Å². The maximum atomic E-state index is 4.27. The summed E-state index contributed by atoms with van der Waals surface area (Å²) in [5.74, 6) is 0.876. The lowest BCUT2D eigenvalue weighted by Gasteiger charge is -2.21. The van der Waals surface area contributed by atoms with Crippen molar-refractivity contribution in [2.24, 2.45) is 4.99 Å². The monoisotopic (exact) mass is 432 g/mol. The summed E-state index contributed by atoms with van der Waals surface area (Å²) < 4.78 is 0. The molecule has 0 heterocycles. The molecule has 0 amide bonds. The Morgan fingerprint density at radius 2 is 1.65 bits per heavy atom. The summed E-state index contributed by atoms with van der Waals surface area (Å²) in [7, 11) is 3.96. The lowest BCUT2D eigenvalue weighted by molar-refractivity contribution is 0.278. The summed E-state index contributed by atoms with van der Waals surface area (Å²) in [4.78, 5) is 6.59. The minimum absolute atomic E-state index is 0. The molecule has 0 radical (unpaired) electrons. The Hall–Kier alpha value is -0.820. The molecule has 1 aromatic rings. The molecular formula is C18H33IN4. The molecule has 0 unspecified atom stereocenters. The molecule has 0 aliphatic carbocycles. The van der Waals surface area contributed by atoms with Crippen molar-refractivity contribution < 1.29 is 0 Å². The van der Waals surface area contributed by atoms with Crippen molar-refractivity contribution in [2.75, 3.05) is 33.7 Å². The second kappa shape index (κ2) is 11.7. The van der Waals surface area contributed by atoms with Gasteiger partial charge in [0.25, 0.3) is 0 Å². The lowest BCUT2D eigenvalue weighted by Crippen LogP contribution is -2.42. The lowest BCUT2D eigenvalue weighted by atomic mass is 10.1. The summed E-state index contributed by atoms with van der Waals surface area (Å²) in [6, 6.07) is 7.29. The molecule has 0 saturated carbocycles. The van der Waals surface area contributed by atoms with Crippen molar-refractivity contribution in [2.45, 2.75) is 40.2 Å². The van der Waals surface area contributed by atoms with E-state index in [0.29, 0.717) is 6.04 Å². The second-order valence-corrected chi connectivity index (χ2v) is 6.25. The third-order valence-corrected chi connectivity index (χ3v) is 3.85. The van der Waals surface area contributed by atoms with E-state index in [4.69, 9.17) is 0 Å². The molecule has 0 spiro atoms. The van der Waals surface area contributed by atoms with Crippen LogP contribution in [0.5, 0.6) is 0 Å². The Kier molecular flexibility index (Phi) is 11.3. The Labute approximate surface area is 159 Å². The highest BCUT2D eigenvalue weighted by molar-refractivity contribution is 14.0. The molecule has 0 aliphatic heterocycles. The molecule has 1 rings (SSSR count). The van der Waals surface area contributed by atoms with E-state index >= 15 is 0 Å². The van der Waals surface area contributed by atoms with Crippen LogP contribution in [0.3, 0.4) is 0 Å². The van der Waals surface area contributed by atoms with Gasteiger partial charge in [0.05, 0.1) is 0 Å². The number of rotatable bonds is 7. The first-order valence-electron chi connectivity index (χ1n) is 8.14. The van der Waals surface area contributed by atoms with Gasteiger partial charge in [-0.2, -0.15) is 0 Å². The van der Waals surface area contributed by atoms with E-state index in [0.717, 1.165) is 32.0 Å². The smallest absolute Gasteiger partial charge is 0.191 e. The molecule has 0 saturated heterocycles. The fourth-order valence-electron chi connectivity index (χ4n) is 2.37. The Bertz CT molecular complexity index is 466. The summed E-state index contributed by atoms with van der Waals surface area (Å²) in [5.41, 5.74) is 4.03. The van der Waals surface area contributed by atoms with Crippen LogP contribution in [0.25, 0.3) is 0 Å². The number of hydrogen-bond donors (Lipinski definition) is 2. The average molecular weight is 432 g/mol. The van der Waals surface area contributed by atoms with Gasteiger partial charge < -0.3 is 15.5 Å². The van der Waals surface area contributed by atoms with E-state index in [1.807, 2.05) is 7.05 Å². The van der Waals surface area contributed by atoms with Crippen LogP contribution < -0.4 is 10.6 Å². The van der Waals surface area contributed by atoms with E-state index in [1.165, 1.54) is 16.7 Å². The minimum atomic E-state index is 0. The third-order valence-electron chi connectivity index (χ3n) is 3.85. The molecular weight excluding hydrogens is 399 g/mol. The van der Waals surface area contributed by atoms with Gasteiger partial charge in [0.1, 0.15) is 0 Å². The van der Waals surface area contributed by atoms with Crippen LogP contribution in [0, 0.1) is 13.8 Å². The molecule has 23 heavy (non-hydrogen) atoms. The largest absolute Gasteiger partial charge is 0.356 e. The van der Waals surface area contributed by atoms with Crippen molar-refractivity contribution in [3.05, 3.63) is 34.9 Å². The SMILES string of the molecule is CN=C(NCCc1cc(C)cc(C)c1)NCCN(C)C(C)C.I. The van der Waals surface area contributed by atoms with Crippen molar-refractivity contribution in [1.82, 2.24) is 15.5 Å². The first-order valence-corrected chi connectivity index (χ1v) is 8.14. The van der Waals surface area contributed by atoms with Crippen molar-refractivity contribution in [3.8, 4) is 0 Å². The van der Waals surface area contributed by atoms with Gasteiger partial charge in [0.2, 0.25) is 0 Å². The van der Waals surface area contributed by atoms with Crippen LogP contribution in [0.4, 0.5) is 0 Å². The predicted molar refractivity (Wildman–Crippen MR) is 112 cm³/mol. The highest BCUT2D eigenvalue weighted by atomic mass is 127. The van der Waals surface area contributed by atoms with Crippen molar-refractivity contribution in [3.63, 3.8) is 0 Å². The van der Waals surface area contributed by atoms with Gasteiger partial charge in [0, 0.05) is 32.7 Å². The zero-order valence-electron chi connectivity index (χ0n) is 15.4. The highest BCUT2D eigenvalue weighted by Gasteiger charge is 2.03. The predicted octanol–water partition coefficient (Wildman–Crippen LogP) is 2.97. The van der Waals surface area contributed by atoms with E-state index in [9.17, 15) is 0 Å². The summed E-state index contributed by atoms with van der Waals surface area (Å²) in [5, 5.41) is 6.74. The fraction of sp³-hybridized carbons (Fsp3) is 0.611. The first kappa shape index (κ1) is 22.2. The zero-order valence-corrected chi connectivity index (χ0v) is 17.8.